The lowest BCUT2D eigenvalue weighted by Gasteiger charge is -2.17. The average Bonchev–Trinajstić information content (AvgIpc) is 2.99. The van der Waals surface area contributed by atoms with Crippen LogP contribution in [-0.4, -0.2) is 12.2 Å². The quantitative estimate of drug-likeness (QED) is 0.418. The largest absolute Gasteiger partial charge is 0.400 e. The van der Waals surface area contributed by atoms with Crippen LogP contribution < -0.4 is 5.73 Å². The summed E-state index contributed by atoms with van der Waals surface area (Å²) in [6.45, 7) is 11.8. The first-order chi connectivity index (χ1) is 13.7. The Morgan fingerprint density at radius 3 is 2.07 bits per heavy atom. The Balaban J connectivity index is 0. The molecule has 3 N–H and O–H groups in total. The van der Waals surface area contributed by atoms with Crippen molar-refractivity contribution in [2.75, 3.05) is 7.11 Å². The van der Waals surface area contributed by atoms with Gasteiger partial charge in [-0.3, -0.25) is 0 Å². The molecule has 0 saturated heterocycles. The fraction of sp³-hybridized carbons (Fsp3) is 0.615. The standard InChI is InChI=1S/C12H20.C7H9N.C4H8.C2H6.CH4O/c1-2-6-11-8-4-5-9-12(10-11)7-3-1;1-6-2-4-7(8)5-3-6;1-3-4-2;2*1-2/h6,12H,1-5,7-10H2;2,4-5H,1,3,8H2;3-4H,1-2H3;1-2H3;2H,1H3/b;;4-3-;;. The Morgan fingerprint density at radius 2 is 1.57 bits per heavy atom. The van der Waals surface area contributed by atoms with Crippen LogP contribution >= 0.6 is 0 Å². The van der Waals surface area contributed by atoms with Crippen LogP contribution in [0.5, 0.6) is 0 Å². The molecule has 0 spiro atoms. The molecular formula is C26H47NO. The van der Waals surface area contributed by atoms with Crippen molar-refractivity contribution in [1.82, 2.24) is 0 Å². The summed E-state index contributed by atoms with van der Waals surface area (Å²) < 4.78 is 0. The number of hydrogen-bond donors (Lipinski definition) is 2. The van der Waals surface area contributed by atoms with E-state index in [0.717, 1.165) is 30.7 Å². The van der Waals surface area contributed by atoms with E-state index in [-0.39, 0.29) is 0 Å². The van der Waals surface area contributed by atoms with Crippen molar-refractivity contribution in [3.05, 3.63) is 59.9 Å². The van der Waals surface area contributed by atoms with Crippen LogP contribution in [0.1, 0.15) is 91.9 Å². The van der Waals surface area contributed by atoms with E-state index in [1.165, 1.54) is 57.8 Å². The van der Waals surface area contributed by atoms with Gasteiger partial charge in [0.2, 0.25) is 0 Å². The minimum atomic E-state index is 0.845. The summed E-state index contributed by atoms with van der Waals surface area (Å²) >= 11 is 0. The SMILES string of the molecule is C/C=C\C.C1=C2CCCCC(CCCC1)C2.C=C1C=CC(N)=CC1.CC.CO. The number of hydrogen-bond acceptors (Lipinski definition) is 2. The Morgan fingerprint density at radius 1 is 0.964 bits per heavy atom. The van der Waals surface area contributed by atoms with Crippen molar-refractivity contribution in [1.29, 1.82) is 0 Å². The molecule has 1 unspecified atom stereocenters. The maximum Gasteiger partial charge on any atom is 0.0319 e. The van der Waals surface area contributed by atoms with Gasteiger partial charge in [-0.15, -0.1) is 0 Å². The van der Waals surface area contributed by atoms with E-state index in [0.29, 0.717) is 0 Å². The lowest BCUT2D eigenvalue weighted by Crippen LogP contribution is -2.01. The average molecular weight is 390 g/mol. The second-order valence-electron chi connectivity index (χ2n) is 7.03. The first kappa shape index (κ1) is 28.7. The molecule has 162 valence electrons. The molecule has 2 nitrogen and oxygen atoms in total. The number of aliphatic hydroxyl groups is 1. The van der Waals surface area contributed by atoms with E-state index >= 15 is 0 Å². The van der Waals surface area contributed by atoms with Gasteiger partial charge in [-0.2, -0.15) is 0 Å². The van der Waals surface area contributed by atoms with Gasteiger partial charge in [-0.05, 0) is 64.4 Å². The fourth-order valence-electron chi connectivity index (χ4n) is 3.27. The van der Waals surface area contributed by atoms with Gasteiger partial charge < -0.3 is 10.8 Å². The first-order valence-corrected chi connectivity index (χ1v) is 11.2. The molecular weight excluding hydrogens is 342 g/mol. The predicted octanol–water partition coefficient (Wildman–Crippen LogP) is 7.63. The van der Waals surface area contributed by atoms with Crippen molar-refractivity contribution in [2.24, 2.45) is 11.7 Å². The minimum absolute atomic E-state index is 0.845. The summed E-state index contributed by atoms with van der Waals surface area (Å²) in [5.74, 6) is 1.05. The van der Waals surface area contributed by atoms with Crippen LogP contribution in [-0.2, 0) is 0 Å². The summed E-state index contributed by atoms with van der Waals surface area (Å²) in [6, 6.07) is 0. The molecule has 2 heteroatoms. The highest BCUT2D eigenvalue weighted by Crippen LogP contribution is 2.32. The highest BCUT2D eigenvalue weighted by atomic mass is 16.2. The number of aliphatic hydroxyl groups excluding tert-OH is 1. The summed E-state index contributed by atoms with van der Waals surface area (Å²) in [6.07, 6.45) is 26.3. The Bertz CT molecular complexity index is 476. The van der Waals surface area contributed by atoms with Gasteiger partial charge in [-0.1, -0.05) is 87.6 Å². The first-order valence-electron chi connectivity index (χ1n) is 11.2. The molecule has 0 aromatic carbocycles. The summed E-state index contributed by atoms with van der Waals surface area (Å²) in [5.41, 5.74) is 9.19. The number of nitrogens with two attached hydrogens (primary N) is 1. The molecule has 1 atom stereocenters. The van der Waals surface area contributed by atoms with Gasteiger partial charge in [0.25, 0.3) is 0 Å². The third-order valence-corrected chi connectivity index (χ3v) is 4.86. The van der Waals surface area contributed by atoms with Crippen molar-refractivity contribution >= 4 is 0 Å². The number of allylic oxidation sites excluding steroid dienone is 8. The van der Waals surface area contributed by atoms with E-state index < -0.39 is 0 Å². The van der Waals surface area contributed by atoms with E-state index in [4.69, 9.17) is 10.8 Å². The molecule has 0 aromatic rings. The predicted molar refractivity (Wildman–Crippen MR) is 128 cm³/mol. The van der Waals surface area contributed by atoms with Gasteiger partial charge in [0.15, 0.2) is 0 Å². The minimum Gasteiger partial charge on any atom is -0.400 e. The van der Waals surface area contributed by atoms with E-state index in [1.807, 2.05) is 58.1 Å². The van der Waals surface area contributed by atoms with Crippen molar-refractivity contribution in [3.63, 3.8) is 0 Å². The lowest BCUT2D eigenvalue weighted by atomic mass is 9.89. The summed E-state index contributed by atoms with van der Waals surface area (Å²) in [4.78, 5) is 0. The molecule has 28 heavy (non-hydrogen) atoms. The van der Waals surface area contributed by atoms with Gasteiger partial charge in [0.1, 0.15) is 0 Å². The molecule has 3 rings (SSSR count). The molecule has 0 heterocycles. The molecule has 2 bridgehead atoms. The normalized spacial score (nSPS) is 20.5. The van der Waals surface area contributed by atoms with Crippen LogP contribution in [0.3, 0.4) is 0 Å². The van der Waals surface area contributed by atoms with Gasteiger partial charge >= 0.3 is 0 Å². The maximum absolute atomic E-state index is 7.00. The summed E-state index contributed by atoms with van der Waals surface area (Å²) in [7, 11) is 1.00. The molecule has 3 aliphatic carbocycles. The zero-order chi connectivity index (χ0) is 21.6. The molecule has 0 aliphatic heterocycles. The maximum atomic E-state index is 7.00. The van der Waals surface area contributed by atoms with E-state index in [2.05, 4.69) is 12.7 Å². The second kappa shape index (κ2) is 21.8. The highest BCUT2D eigenvalue weighted by molar-refractivity contribution is 5.31. The van der Waals surface area contributed by atoms with E-state index in [9.17, 15) is 0 Å². The molecule has 0 radical (unpaired) electrons. The van der Waals surface area contributed by atoms with Crippen LogP contribution in [0.25, 0.3) is 0 Å². The van der Waals surface area contributed by atoms with Gasteiger partial charge in [-0.25, -0.2) is 0 Å². The Kier molecular flexibility index (Phi) is 22.3. The number of fused-ring (bicyclic) bond motifs is 2. The van der Waals surface area contributed by atoms with Crippen LogP contribution in [0.15, 0.2) is 59.9 Å². The number of rotatable bonds is 0. The fourth-order valence-corrected chi connectivity index (χ4v) is 3.27. The van der Waals surface area contributed by atoms with E-state index in [1.54, 1.807) is 5.57 Å². The lowest BCUT2D eigenvalue weighted by molar-refractivity contribution is 0.399. The Labute approximate surface area is 176 Å². The molecule has 3 aliphatic rings. The van der Waals surface area contributed by atoms with Crippen LogP contribution in [0, 0.1) is 5.92 Å². The summed E-state index contributed by atoms with van der Waals surface area (Å²) in [5, 5.41) is 7.00. The third kappa shape index (κ3) is 16.6. The molecule has 0 amide bonds. The van der Waals surface area contributed by atoms with Gasteiger partial charge in [0.05, 0.1) is 0 Å². The Hall–Kier alpha value is -1.54. The third-order valence-electron chi connectivity index (χ3n) is 4.86. The monoisotopic (exact) mass is 389 g/mol. The van der Waals surface area contributed by atoms with Gasteiger partial charge in [0, 0.05) is 12.8 Å². The second-order valence-corrected chi connectivity index (χ2v) is 7.03. The van der Waals surface area contributed by atoms with Crippen molar-refractivity contribution in [2.45, 2.75) is 91.9 Å². The molecule has 1 saturated carbocycles. The zero-order valence-corrected chi connectivity index (χ0v) is 19.3. The highest BCUT2D eigenvalue weighted by Gasteiger charge is 2.16. The topological polar surface area (TPSA) is 46.2 Å². The smallest absolute Gasteiger partial charge is 0.0319 e. The van der Waals surface area contributed by atoms with Crippen molar-refractivity contribution < 1.29 is 5.11 Å². The molecule has 1 fully saturated rings. The van der Waals surface area contributed by atoms with Crippen LogP contribution in [0.2, 0.25) is 0 Å². The van der Waals surface area contributed by atoms with Crippen LogP contribution in [0.4, 0.5) is 0 Å². The molecule has 0 aromatic heterocycles. The van der Waals surface area contributed by atoms with Crippen molar-refractivity contribution in [3.8, 4) is 0 Å². The zero-order valence-electron chi connectivity index (χ0n) is 19.3.